The van der Waals surface area contributed by atoms with Crippen LogP contribution in [-0.2, 0) is 11.3 Å². The summed E-state index contributed by atoms with van der Waals surface area (Å²) in [6.45, 7) is 3.94. The Balaban J connectivity index is 1.44. The summed E-state index contributed by atoms with van der Waals surface area (Å²) in [6.07, 6.45) is 4.72. The molecule has 4 rings (SSSR count). The van der Waals surface area contributed by atoms with E-state index in [4.69, 9.17) is 0 Å². The second kappa shape index (κ2) is 6.23. The van der Waals surface area contributed by atoms with Crippen LogP contribution in [0.5, 0.6) is 0 Å². The molecule has 0 saturated carbocycles. The quantitative estimate of drug-likeness (QED) is 0.807. The number of hydrogen-bond acceptors (Lipinski definition) is 7. The van der Waals surface area contributed by atoms with Crippen molar-refractivity contribution in [2.75, 3.05) is 31.1 Å². The summed E-state index contributed by atoms with van der Waals surface area (Å²) in [7, 11) is 0. The molecule has 0 aliphatic carbocycles. The first-order chi connectivity index (χ1) is 11.3. The first kappa shape index (κ1) is 14.6. The Kier molecular flexibility index (Phi) is 3.94. The highest BCUT2D eigenvalue weighted by Crippen LogP contribution is 2.27. The van der Waals surface area contributed by atoms with Gasteiger partial charge in [-0.1, -0.05) is 6.42 Å². The van der Waals surface area contributed by atoms with Gasteiger partial charge in [0, 0.05) is 44.3 Å². The molecule has 0 aromatic carbocycles. The van der Waals surface area contributed by atoms with Crippen molar-refractivity contribution in [2.24, 2.45) is 0 Å². The van der Waals surface area contributed by atoms with Crippen LogP contribution in [0.25, 0.3) is 0 Å². The molecule has 122 valence electrons. The molecule has 2 aromatic rings. The van der Waals surface area contributed by atoms with Crippen LogP contribution in [0.4, 0.5) is 5.13 Å². The number of anilines is 1. The summed E-state index contributed by atoms with van der Waals surface area (Å²) in [5.41, 5.74) is 0. The number of thiazole rings is 1. The molecule has 2 aromatic heterocycles. The molecule has 0 unspecified atom stereocenters. The third-order valence-electron chi connectivity index (χ3n) is 4.56. The van der Waals surface area contributed by atoms with E-state index >= 15 is 0 Å². The number of aromatic nitrogens is 5. The zero-order valence-electron chi connectivity index (χ0n) is 12.8. The second-order valence-electron chi connectivity index (χ2n) is 5.94. The average molecular weight is 333 g/mol. The number of carbonyl (C=O) groups is 1. The van der Waals surface area contributed by atoms with E-state index in [9.17, 15) is 4.79 Å². The minimum atomic E-state index is -0.195. The van der Waals surface area contributed by atoms with Gasteiger partial charge in [0.25, 0.3) is 0 Å². The Morgan fingerprint density at radius 2 is 2.04 bits per heavy atom. The van der Waals surface area contributed by atoms with Crippen molar-refractivity contribution >= 4 is 22.4 Å². The summed E-state index contributed by atoms with van der Waals surface area (Å²) >= 11 is 1.64. The topological polar surface area (TPSA) is 80.0 Å². The predicted octanol–water partition coefficient (Wildman–Crippen LogP) is 0.746. The van der Waals surface area contributed by atoms with Crippen LogP contribution >= 0.6 is 11.3 Å². The zero-order chi connectivity index (χ0) is 15.6. The molecule has 0 spiro atoms. The molecule has 1 fully saturated rings. The summed E-state index contributed by atoms with van der Waals surface area (Å²) in [5.74, 6) is 0.704. The lowest BCUT2D eigenvalue weighted by Crippen LogP contribution is -2.50. The molecule has 9 heteroatoms. The van der Waals surface area contributed by atoms with E-state index in [1.807, 2.05) is 16.5 Å². The standard InChI is InChI=1S/C14H19N7OS/c22-13(11-3-1-2-5-21-12(11)16-17-18-21)19-6-8-20(9-7-19)14-15-4-10-23-14/h4,10-11H,1-3,5-9H2/t11-/m1/s1. The number of aryl methyl sites for hydroxylation is 1. The van der Waals surface area contributed by atoms with E-state index in [0.29, 0.717) is 0 Å². The molecule has 2 aliphatic rings. The number of rotatable bonds is 2. The van der Waals surface area contributed by atoms with E-state index in [0.717, 1.165) is 62.9 Å². The molecule has 1 saturated heterocycles. The fraction of sp³-hybridized carbons (Fsp3) is 0.643. The van der Waals surface area contributed by atoms with E-state index in [1.165, 1.54) is 0 Å². The van der Waals surface area contributed by atoms with E-state index in [2.05, 4.69) is 25.4 Å². The molecule has 1 amide bonds. The number of amides is 1. The molecular formula is C14H19N7OS. The van der Waals surface area contributed by atoms with Gasteiger partial charge in [-0.3, -0.25) is 4.79 Å². The molecule has 0 N–H and O–H groups in total. The SMILES string of the molecule is O=C([C@@H]1CCCCn2nnnc21)N1CCN(c2nccs2)CC1. The maximum absolute atomic E-state index is 12.9. The van der Waals surface area contributed by atoms with Gasteiger partial charge < -0.3 is 9.80 Å². The monoisotopic (exact) mass is 333 g/mol. The van der Waals surface area contributed by atoms with Gasteiger partial charge in [-0.15, -0.1) is 16.4 Å². The Morgan fingerprint density at radius 1 is 1.17 bits per heavy atom. The Labute approximate surface area is 138 Å². The van der Waals surface area contributed by atoms with Crippen molar-refractivity contribution in [1.29, 1.82) is 0 Å². The number of tetrazole rings is 1. The van der Waals surface area contributed by atoms with Gasteiger partial charge in [0.15, 0.2) is 11.0 Å². The molecular weight excluding hydrogens is 314 g/mol. The number of nitrogens with zero attached hydrogens (tertiary/aromatic N) is 7. The maximum atomic E-state index is 12.9. The smallest absolute Gasteiger partial charge is 0.233 e. The predicted molar refractivity (Wildman–Crippen MR) is 85.3 cm³/mol. The van der Waals surface area contributed by atoms with Gasteiger partial charge in [0.2, 0.25) is 5.91 Å². The molecule has 1 atom stereocenters. The minimum absolute atomic E-state index is 0.168. The molecule has 4 heterocycles. The molecule has 2 aliphatic heterocycles. The fourth-order valence-electron chi connectivity index (χ4n) is 3.30. The largest absolute Gasteiger partial charge is 0.345 e. The molecule has 0 bridgehead atoms. The highest BCUT2D eigenvalue weighted by molar-refractivity contribution is 7.13. The van der Waals surface area contributed by atoms with Crippen LogP contribution in [0.1, 0.15) is 31.0 Å². The first-order valence-corrected chi connectivity index (χ1v) is 8.90. The zero-order valence-corrected chi connectivity index (χ0v) is 13.7. The van der Waals surface area contributed by atoms with Crippen molar-refractivity contribution in [3.63, 3.8) is 0 Å². The number of hydrogen-bond donors (Lipinski definition) is 0. The fourth-order valence-corrected chi connectivity index (χ4v) is 4.00. The minimum Gasteiger partial charge on any atom is -0.345 e. The van der Waals surface area contributed by atoms with Crippen molar-refractivity contribution in [1.82, 2.24) is 30.1 Å². The Morgan fingerprint density at radius 3 is 2.83 bits per heavy atom. The van der Waals surface area contributed by atoms with Gasteiger partial charge in [-0.25, -0.2) is 9.67 Å². The van der Waals surface area contributed by atoms with Gasteiger partial charge >= 0.3 is 0 Å². The molecule has 8 nitrogen and oxygen atoms in total. The number of carbonyl (C=O) groups excluding carboxylic acids is 1. The summed E-state index contributed by atoms with van der Waals surface area (Å²) in [4.78, 5) is 21.5. The van der Waals surface area contributed by atoms with Gasteiger partial charge in [-0.05, 0) is 23.3 Å². The normalized spacial score (nSPS) is 21.8. The Hall–Kier alpha value is -2.03. The van der Waals surface area contributed by atoms with Crippen LogP contribution in [0.3, 0.4) is 0 Å². The molecule has 23 heavy (non-hydrogen) atoms. The Bertz CT molecular complexity index is 662. The average Bonchev–Trinajstić information content (AvgIpc) is 3.24. The number of fused-ring (bicyclic) bond motifs is 1. The van der Waals surface area contributed by atoms with E-state index in [-0.39, 0.29) is 11.8 Å². The summed E-state index contributed by atoms with van der Waals surface area (Å²) in [6, 6.07) is 0. The third-order valence-corrected chi connectivity index (χ3v) is 5.40. The van der Waals surface area contributed by atoms with Gasteiger partial charge in [0.05, 0.1) is 5.92 Å². The van der Waals surface area contributed by atoms with Crippen LogP contribution in [0, 0.1) is 0 Å². The molecule has 0 radical (unpaired) electrons. The van der Waals surface area contributed by atoms with Gasteiger partial charge in [-0.2, -0.15) is 0 Å². The highest BCUT2D eigenvalue weighted by Gasteiger charge is 2.33. The second-order valence-corrected chi connectivity index (χ2v) is 6.81. The maximum Gasteiger partial charge on any atom is 0.233 e. The van der Waals surface area contributed by atoms with Crippen molar-refractivity contribution in [3.05, 3.63) is 17.4 Å². The first-order valence-electron chi connectivity index (χ1n) is 8.02. The van der Waals surface area contributed by atoms with E-state index in [1.54, 1.807) is 16.0 Å². The number of piperazine rings is 1. The lowest BCUT2D eigenvalue weighted by molar-refractivity contribution is -0.133. The van der Waals surface area contributed by atoms with Crippen LogP contribution in [-0.4, -0.2) is 62.2 Å². The van der Waals surface area contributed by atoms with Gasteiger partial charge in [0.1, 0.15) is 0 Å². The van der Waals surface area contributed by atoms with E-state index < -0.39 is 0 Å². The van der Waals surface area contributed by atoms with Crippen LogP contribution in [0.2, 0.25) is 0 Å². The van der Waals surface area contributed by atoms with Crippen LogP contribution < -0.4 is 4.90 Å². The highest BCUT2D eigenvalue weighted by atomic mass is 32.1. The lowest BCUT2D eigenvalue weighted by Gasteiger charge is -2.36. The summed E-state index contributed by atoms with van der Waals surface area (Å²) < 4.78 is 1.79. The van der Waals surface area contributed by atoms with Crippen molar-refractivity contribution in [2.45, 2.75) is 31.7 Å². The van der Waals surface area contributed by atoms with Crippen molar-refractivity contribution < 1.29 is 4.79 Å². The van der Waals surface area contributed by atoms with Crippen molar-refractivity contribution in [3.8, 4) is 0 Å². The summed E-state index contributed by atoms with van der Waals surface area (Å²) in [5, 5.41) is 14.9. The third kappa shape index (κ3) is 2.80. The van der Waals surface area contributed by atoms with Crippen LogP contribution in [0.15, 0.2) is 11.6 Å². The lowest BCUT2D eigenvalue weighted by atomic mass is 10.0.